The highest BCUT2D eigenvalue weighted by atomic mass is 79.9. The lowest BCUT2D eigenvalue weighted by molar-refractivity contribution is -0.120. The summed E-state index contributed by atoms with van der Waals surface area (Å²) in [5.74, 6) is 0.127. The van der Waals surface area contributed by atoms with Crippen LogP contribution in [0, 0.1) is 0 Å². The quantitative estimate of drug-likeness (QED) is 0.834. The van der Waals surface area contributed by atoms with Crippen LogP contribution >= 0.6 is 15.9 Å². The molecule has 132 valence electrons. The van der Waals surface area contributed by atoms with Crippen LogP contribution in [0.15, 0.2) is 59.1 Å². The van der Waals surface area contributed by atoms with Crippen LogP contribution in [0.1, 0.15) is 18.4 Å². The number of halogens is 1. The largest absolute Gasteiger partial charge is 0.328 e. The van der Waals surface area contributed by atoms with E-state index in [1.54, 1.807) is 0 Å². The fraction of sp³-hybridized carbons (Fsp3) is 0.350. The van der Waals surface area contributed by atoms with Gasteiger partial charge in [0.2, 0.25) is 5.91 Å². The first-order valence-electron chi connectivity index (χ1n) is 8.69. The molecule has 0 spiro atoms. The van der Waals surface area contributed by atoms with Crippen LogP contribution < -0.4 is 10.6 Å². The van der Waals surface area contributed by atoms with Crippen molar-refractivity contribution in [2.45, 2.75) is 25.4 Å². The molecular weight excluding hydrogens is 378 g/mol. The molecule has 1 fully saturated rings. The average molecular weight is 402 g/mol. The number of anilines is 1. The Labute approximate surface area is 157 Å². The lowest BCUT2D eigenvalue weighted by Crippen LogP contribution is -2.45. The van der Waals surface area contributed by atoms with Crippen molar-refractivity contribution in [1.29, 1.82) is 0 Å². The first-order chi connectivity index (χ1) is 12.1. The molecule has 0 bridgehead atoms. The first-order valence-corrected chi connectivity index (χ1v) is 9.49. The van der Waals surface area contributed by atoms with Crippen LogP contribution in [0.5, 0.6) is 0 Å². The number of nitrogens with two attached hydrogens (primary N) is 1. The van der Waals surface area contributed by atoms with E-state index in [-0.39, 0.29) is 11.9 Å². The van der Waals surface area contributed by atoms with Gasteiger partial charge in [-0.25, -0.2) is 0 Å². The van der Waals surface area contributed by atoms with Crippen molar-refractivity contribution in [1.82, 2.24) is 4.90 Å². The van der Waals surface area contributed by atoms with Crippen molar-refractivity contribution in [3.05, 3.63) is 64.6 Å². The molecule has 1 saturated heterocycles. The molecule has 0 atom stereocenters. The van der Waals surface area contributed by atoms with Gasteiger partial charge in [-0.1, -0.05) is 46.3 Å². The first kappa shape index (κ1) is 18.1. The molecule has 2 N–H and O–H groups in total. The predicted molar refractivity (Wildman–Crippen MR) is 105 cm³/mol. The Kier molecular flexibility index (Phi) is 6.24. The van der Waals surface area contributed by atoms with Crippen LogP contribution in [0.3, 0.4) is 0 Å². The minimum absolute atomic E-state index is 0.127. The summed E-state index contributed by atoms with van der Waals surface area (Å²) in [5.41, 5.74) is 8.01. The molecule has 2 aromatic rings. The van der Waals surface area contributed by atoms with E-state index in [1.165, 1.54) is 0 Å². The zero-order valence-corrected chi connectivity index (χ0v) is 15.9. The maximum atomic E-state index is 13.0. The molecule has 0 radical (unpaired) electrons. The van der Waals surface area contributed by atoms with Gasteiger partial charge in [-0.15, -0.1) is 0 Å². The second kappa shape index (κ2) is 8.61. The number of amides is 1. The van der Waals surface area contributed by atoms with Gasteiger partial charge in [0.05, 0.1) is 13.1 Å². The normalized spacial score (nSPS) is 15.9. The fourth-order valence-electron chi connectivity index (χ4n) is 3.10. The number of nitrogens with zero attached hydrogens (tertiary/aromatic N) is 2. The summed E-state index contributed by atoms with van der Waals surface area (Å²) in [4.78, 5) is 17.1. The third kappa shape index (κ3) is 5.14. The van der Waals surface area contributed by atoms with E-state index in [2.05, 4.69) is 33.0 Å². The molecule has 1 aliphatic heterocycles. The van der Waals surface area contributed by atoms with Crippen molar-refractivity contribution in [3.8, 4) is 0 Å². The Morgan fingerprint density at radius 1 is 1.08 bits per heavy atom. The van der Waals surface area contributed by atoms with Crippen LogP contribution in [0.4, 0.5) is 5.69 Å². The van der Waals surface area contributed by atoms with Gasteiger partial charge in [-0.3, -0.25) is 9.69 Å². The third-order valence-corrected chi connectivity index (χ3v) is 5.14. The summed E-state index contributed by atoms with van der Waals surface area (Å²) in [6.45, 7) is 2.81. The summed E-state index contributed by atoms with van der Waals surface area (Å²) < 4.78 is 1.01. The Balaban J connectivity index is 1.75. The summed E-state index contributed by atoms with van der Waals surface area (Å²) in [7, 11) is 0. The molecule has 1 heterocycles. The average Bonchev–Trinajstić information content (AvgIpc) is 2.63. The summed E-state index contributed by atoms with van der Waals surface area (Å²) >= 11 is 3.46. The van der Waals surface area contributed by atoms with Gasteiger partial charge in [0.15, 0.2) is 0 Å². The van der Waals surface area contributed by atoms with Crippen LogP contribution in [0.25, 0.3) is 0 Å². The third-order valence-electron chi connectivity index (χ3n) is 4.61. The van der Waals surface area contributed by atoms with Gasteiger partial charge in [0, 0.05) is 29.3 Å². The van der Waals surface area contributed by atoms with Crippen molar-refractivity contribution in [2.75, 3.05) is 24.5 Å². The molecule has 4 nitrogen and oxygen atoms in total. The van der Waals surface area contributed by atoms with E-state index in [9.17, 15) is 4.79 Å². The van der Waals surface area contributed by atoms with Gasteiger partial charge in [-0.2, -0.15) is 0 Å². The molecule has 1 aliphatic rings. The molecule has 25 heavy (non-hydrogen) atoms. The highest BCUT2D eigenvalue weighted by Crippen LogP contribution is 2.21. The van der Waals surface area contributed by atoms with Gasteiger partial charge in [0.1, 0.15) is 0 Å². The van der Waals surface area contributed by atoms with E-state index < -0.39 is 0 Å². The van der Waals surface area contributed by atoms with E-state index in [0.29, 0.717) is 13.1 Å². The SMILES string of the molecule is NC1CCN(CC(=O)N(Cc2ccccc2)c2ccc(Br)cc2)CC1. The Morgan fingerprint density at radius 3 is 2.36 bits per heavy atom. The number of likely N-dealkylation sites (tertiary alicyclic amines) is 1. The summed E-state index contributed by atoms with van der Waals surface area (Å²) in [6, 6.07) is 18.3. The molecular formula is C20H24BrN3O. The highest BCUT2D eigenvalue weighted by Gasteiger charge is 2.22. The molecule has 0 aliphatic carbocycles. The number of rotatable bonds is 5. The van der Waals surface area contributed by atoms with Gasteiger partial charge >= 0.3 is 0 Å². The van der Waals surface area contributed by atoms with Crippen LogP contribution in [-0.4, -0.2) is 36.5 Å². The number of piperidine rings is 1. The molecule has 0 saturated carbocycles. The summed E-state index contributed by atoms with van der Waals surface area (Å²) in [5, 5.41) is 0. The molecule has 5 heteroatoms. The number of hydrogen-bond acceptors (Lipinski definition) is 3. The summed E-state index contributed by atoms with van der Waals surface area (Å²) in [6.07, 6.45) is 1.93. The maximum absolute atomic E-state index is 13.0. The molecule has 2 aromatic carbocycles. The zero-order valence-electron chi connectivity index (χ0n) is 14.3. The predicted octanol–water partition coefficient (Wildman–Crippen LogP) is 3.41. The topological polar surface area (TPSA) is 49.6 Å². The monoisotopic (exact) mass is 401 g/mol. The van der Waals surface area contributed by atoms with Crippen LogP contribution in [0.2, 0.25) is 0 Å². The van der Waals surface area contributed by atoms with E-state index in [4.69, 9.17) is 5.73 Å². The van der Waals surface area contributed by atoms with Crippen LogP contribution in [-0.2, 0) is 11.3 Å². The Morgan fingerprint density at radius 2 is 1.72 bits per heavy atom. The van der Waals surface area contributed by atoms with Crippen molar-refractivity contribution in [2.24, 2.45) is 5.73 Å². The maximum Gasteiger partial charge on any atom is 0.241 e. The standard InChI is InChI=1S/C20H24BrN3O/c21-17-6-8-19(9-7-17)24(14-16-4-2-1-3-5-16)20(25)15-23-12-10-18(22)11-13-23/h1-9,18H,10-15,22H2. The number of hydrogen-bond donors (Lipinski definition) is 1. The number of carbonyl (C=O) groups excluding carboxylic acids is 1. The number of benzene rings is 2. The van der Waals surface area contributed by atoms with E-state index in [0.717, 1.165) is 41.7 Å². The Hall–Kier alpha value is -1.69. The van der Waals surface area contributed by atoms with Gasteiger partial charge in [-0.05, 0) is 42.7 Å². The fourth-order valence-corrected chi connectivity index (χ4v) is 3.36. The van der Waals surface area contributed by atoms with Crippen molar-refractivity contribution in [3.63, 3.8) is 0 Å². The Bertz CT molecular complexity index is 682. The molecule has 3 rings (SSSR count). The van der Waals surface area contributed by atoms with E-state index in [1.807, 2.05) is 47.4 Å². The lowest BCUT2D eigenvalue weighted by Gasteiger charge is -2.32. The zero-order chi connectivity index (χ0) is 17.6. The van der Waals surface area contributed by atoms with Crippen molar-refractivity contribution >= 4 is 27.5 Å². The minimum Gasteiger partial charge on any atom is -0.328 e. The molecule has 1 amide bonds. The minimum atomic E-state index is 0.127. The molecule has 0 aromatic heterocycles. The van der Waals surface area contributed by atoms with Crippen molar-refractivity contribution < 1.29 is 4.79 Å². The van der Waals surface area contributed by atoms with Gasteiger partial charge in [0.25, 0.3) is 0 Å². The second-order valence-corrected chi connectivity index (χ2v) is 7.47. The second-order valence-electron chi connectivity index (χ2n) is 6.56. The van der Waals surface area contributed by atoms with Gasteiger partial charge < -0.3 is 10.6 Å². The lowest BCUT2D eigenvalue weighted by atomic mass is 10.1. The van der Waals surface area contributed by atoms with E-state index >= 15 is 0 Å². The smallest absolute Gasteiger partial charge is 0.241 e. The number of carbonyl (C=O) groups is 1. The highest BCUT2D eigenvalue weighted by molar-refractivity contribution is 9.10. The molecule has 0 unspecified atom stereocenters.